The van der Waals surface area contributed by atoms with Crippen LogP contribution in [0.5, 0.6) is 5.75 Å². The Labute approximate surface area is 188 Å². The van der Waals surface area contributed by atoms with E-state index in [1.165, 1.54) is 33.4 Å². The summed E-state index contributed by atoms with van der Waals surface area (Å²) >= 11 is 0. The highest BCUT2D eigenvalue weighted by Gasteiger charge is 2.45. The number of imidazole rings is 1. The molecule has 1 saturated heterocycles. The third-order valence-corrected chi connectivity index (χ3v) is 7.60. The van der Waals surface area contributed by atoms with Crippen LogP contribution in [-0.2, 0) is 9.84 Å². The Morgan fingerprint density at radius 1 is 1.12 bits per heavy atom. The number of halogens is 2. The summed E-state index contributed by atoms with van der Waals surface area (Å²) in [6.07, 6.45) is 0. The Hall–Kier alpha value is -3.21. The van der Waals surface area contributed by atoms with Crippen molar-refractivity contribution in [1.29, 1.82) is 0 Å². The average molecular weight is 480 g/mol. The molecule has 0 spiro atoms. The number of carbonyl (C=O) groups excluding carboxylic acids is 1. The SMILES string of the molecule is CC(C)n1c(=O)n(-c2cccc(OC(F)F)c2)c2ccc(C(=O)NC3(C)CS(=O)(=O)C3)cc21. The topological polar surface area (TPSA) is 99.4 Å². The van der Waals surface area contributed by atoms with Crippen molar-refractivity contribution in [2.75, 3.05) is 11.5 Å². The molecule has 0 radical (unpaired) electrons. The molecule has 1 amide bonds. The molecule has 1 fully saturated rings. The number of amides is 1. The van der Waals surface area contributed by atoms with E-state index in [4.69, 9.17) is 0 Å². The Bertz CT molecular complexity index is 1400. The number of ether oxygens (including phenoxy) is 1. The third-order valence-electron chi connectivity index (χ3n) is 5.45. The lowest BCUT2D eigenvalue weighted by Gasteiger charge is -2.38. The van der Waals surface area contributed by atoms with Gasteiger partial charge in [0.2, 0.25) is 0 Å². The lowest BCUT2D eigenvalue weighted by atomic mass is 10.1. The van der Waals surface area contributed by atoms with Gasteiger partial charge in [0.05, 0.1) is 33.8 Å². The van der Waals surface area contributed by atoms with Crippen molar-refractivity contribution in [3.8, 4) is 11.4 Å². The van der Waals surface area contributed by atoms with Crippen LogP contribution in [-0.4, -0.2) is 47.1 Å². The highest BCUT2D eigenvalue weighted by molar-refractivity contribution is 7.93. The van der Waals surface area contributed by atoms with Crippen LogP contribution in [0.3, 0.4) is 0 Å². The first-order valence-electron chi connectivity index (χ1n) is 10.2. The van der Waals surface area contributed by atoms with Crippen LogP contribution in [0.1, 0.15) is 37.2 Å². The molecule has 0 unspecified atom stereocenters. The summed E-state index contributed by atoms with van der Waals surface area (Å²) in [6.45, 7) is 2.30. The minimum Gasteiger partial charge on any atom is -0.435 e. The molecule has 0 atom stereocenters. The van der Waals surface area contributed by atoms with Crippen LogP contribution in [0.2, 0.25) is 0 Å². The van der Waals surface area contributed by atoms with Crippen LogP contribution in [0.25, 0.3) is 16.7 Å². The first kappa shape index (κ1) is 23.0. The molecule has 1 aromatic heterocycles. The van der Waals surface area contributed by atoms with E-state index >= 15 is 0 Å². The van der Waals surface area contributed by atoms with Gasteiger partial charge in [0.25, 0.3) is 5.91 Å². The minimum absolute atomic E-state index is 0.0838. The summed E-state index contributed by atoms with van der Waals surface area (Å²) in [5.74, 6) is -0.785. The maximum atomic E-state index is 13.3. The van der Waals surface area contributed by atoms with E-state index in [-0.39, 0.29) is 28.9 Å². The Balaban J connectivity index is 1.78. The maximum absolute atomic E-state index is 13.3. The van der Waals surface area contributed by atoms with Gasteiger partial charge in [-0.15, -0.1) is 0 Å². The number of sulfone groups is 1. The molecule has 0 aliphatic carbocycles. The van der Waals surface area contributed by atoms with Gasteiger partial charge in [-0.2, -0.15) is 8.78 Å². The predicted molar refractivity (Wildman–Crippen MR) is 119 cm³/mol. The van der Waals surface area contributed by atoms with Crippen molar-refractivity contribution < 1.29 is 26.7 Å². The van der Waals surface area contributed by atoms with Gasteiger partial charge in [0.1, 0.15) is 5.75 Å². The van der Waals surface area contributed by atoms with E-state index in [0.717, 1.165) is 0 Å². The minimum atomic E-state index is -3.13. The molecule has 0 saturated carbocycles. The van der Waals surface area contributed by atoms with Gasteiger partial charge in [0.15, 0.2) is 9.84 Å². The molecule has 1 aliphatic rings. The van der Waals surface area contributed by atoms with Crippen LogP contribution in [0, 0.1) is 0 Å². The molecule has 1 aliphatic heterocycles. The number of rotatable bonds is 6. The summed E-state index contributed by atoms with van der Waals surface area (Å²) in [4.78, 5) is 26.1. The summed E-state index contributed by atoms with van der Waals surface area (Å²) in [5, 5.41) is 2.76. The van der Waals surface area contributed by atoms with Gasteiger partial charge in [-0.1, -0.05) is 6.07 Å². The highest BCUT2D eigenvalue weighted by Crippen LogP contribution is 2.26. The lowest BCUT2D eigenvalue weighted by Crippen LogP contribution is -2.63. The second kappa shape index (κ2) is 7.98. The number of hydrogen-bond donors (Lipinski definition) is 1. The van der Waals surface area contributed by atoms with Crippen molar-refractivity contribution in [3.05, 3.63) is 58.5 Å². The Morgan fingerprint density at radius 2 is 1.82 bits per heavy atom. The first-order valence-corrected chi connectivity index (χ1v) is 12.1. The zero-order chi connectivity index (χ0) is 24.1. The second-order valence-corrected chi connectivity index (χ2v) is 10.8. The molecular weight excluding hydrogens is 456 g/mol. The monoisotopic (exact) mass is 479 g/mol. The maximum Gasteiger partial charge on any atom is 0.387 e. The quantitative estimate of drug-likeness (QED) is 0.586. The lowest BCUT2D eigenvalue weighted by molar-refractivity contribution is -0.0498. The fourth-order valence-electron chi connectivity index (χ4n) is 4.25. The van der Waals surface area contributed by atoms with Gasteiger partial charge < -0.3 is 10.1 Å². The molecule has 33 heavy (non-hydrogen) atoms. The van der Waals surface area contributed by atoms with Gasteiger partial charge in [-0.25, -0.2) is 13.2 Å². The van der Waals surface area contributed by atoms with Crippen LogP contribution < -0.4 is 15.7 Å². The van der Waals surface area contributed by atoms with Crippen molar-refractivity contribution in [1.82, 2.24) is 14.5 Å². The van der Waals surface area contributed by atoms with Crippen LogP contribution >= 0.6 is 0 Å². The van der Waals surface area contributed by atoms with Crippen molar-refractivity contribution >= 4 is 26.8 Å². The molecule has 2 heterocycles. The van der Waals surface area contributed by atoms with Crippen LogP contribution in [0.4, 0.5) is 8.78 Å². The molecule has 8 nitrogen and oxygen atoms in total. The molecule has 2 aromatic carbocycles. The van der Waals surface area contributed by atoms with E-state index < -0.39 is 33.6 Å². The van der Waals surface area contributed by atoms with E-state index in [0.29, 0.717) is 16.7 Å². The number of benzene rings is 2. The number of alkyl halides is 2. The normalized spacial score (nSPS) is 16.7. The molecular formula is C22H23F2N3O5S. The van der Waals surface area contributed by atoms with Gasteiger partial charge in [-0.05, 0) is 51.1 Å². The third kappa shape index (κ3) is 4.37. The number of nitrogens with zero attached hydrogens (tertiary/aromatic N) is 2. The molecule has 3 aromatic rings. The Kier molecular flexibility index (Phi) is 5.55. The molecule has 1 N–H and O–H groups in total. The van der Waals surface area contributed by atoms with Gasteiger partial charge in [0, 0.05) is 17.7 Å². The fourth-order valence-corrected chi connectivity index (χ4v) is 6.26. The predicted octanol–water partition coefficient (Wildman–Crippen LogP) is 2.89. The zero-order valence-electron chi connectivity index (χ0n) is 18.2. The number of fused-ring (bicyclic) bond motifs is 1. The number of hydrogen-bond acceptors (Lipinski definition) is 5. The zero-order valence-corrected chi connectivity index (χ0v) is 19.0. The van der Waals surface area contributed by atoms with Gasteiger partial charge in [-0.3, -0.25) is 13.9 Å². The standard InChI is InChI=1S/C22H23F2N3O5S/c1-13(2)26-18-9-14(19(28)25-22(3)11-33(30,31)12-22)7-8-17(18)27(21(26)29)15-5-4-6-16(10-15)32-20(23)24/h4-10,13,20H,11-12H2,1-3H3,(H,25,28). The van der Waals surface area contributed by atoms with Crippen molar-refractivity contribution in [2.24, 2.45) is 0 Å². The average Bonchev–Trinajstić information content (AvgIpc) is 2.96. The van der Waals surface area contributed by atoms with Gasteiger partial charge >= 0.3 is 12.3 Å². The summed E-state index contributed by atoms with van der Waals surface area (Å²) in [5.41, 5.74) is 0.343. The smallest absolute Gasteiger partial charge is 0.387 e. The van der Waals surface area contributed by atoms with E-state index in [1.54, 1.807) is 25.1 Å². The second-order valence-electron chi connectivity index (χ2n) is 8.71. The Morgan fingerprint density at radius 3 is 2.42 bits per heavy atom. The van der Waals surface area contributed by atoms with Crippen molar-refractivity contribution in [2.45, 2.75) is 39.0 Å². The molecule has 11 heteroatoms. The number of carbonyl (C=O) groups is 1. The fraction of sp³-hybridized carbons (Fsp3) is 0.364. The molecule has 4 rings (SSSR count). The number of aromatic nitrogens is 2. The molecule has 0 bridgehead atoms. The number of nitrogens with one attached hydrogen (secondary N) is 1. The van der Waals surface area contributed by atoms with E-state index in [9.17, 15) is 26.8 Å². The summed E-state index contributed by atoms with van der Waals surface area (Å²) in [7, 11) is -3.13. The largest absolute Gasteiger partial charge is 0.435 e. The van der Waals surface area contributed by atoms with E-state index in [1.807, 2.05) is 13.8 Å². The summed E-state index contributed by atoms with van der Waals surface area (Å²) in [6, 6.07) is 10.3. The first-order chi connectivity index (χ1) is 15.4. The van der Waals surface area contributed by atoms with E-state index in [2.05, 4.69) is 10.1 Å². The summed E-state index contributed by atoms with van der Waals surface area (Å²) < 4.78 is 55.7. The molecule has 176 valence electrons. The van der Waals surface area contributed by atoms with Crippen molar-refractivity contribution in [3.63, 3.8) is 0 Å². The van der Waals surface area contributed by atoms with Crippen LogP contribution in [0.15, 0.2) is 47.3 Å². The highest BCUT2D eigenvalue weighted by atomic mass is 32.2.